The fraction of sp³-hybridized carbons (Fsp3) is 0.650. The highest BCUT2D eigenvalue weighted by molar-refractivity contribution is 5.79. The minimum atomic E-state index is 0.203. The van der Waals surface area contributed by atoms with Crippen molar-refractivity contribution >= 4 is 11.8 Å². The first-order valence-corrected chi connectivity index (χ1v) is 9.78. The maximum atomic E-state index is 12.9. The second-order valence-corrected chi connectivity index (χ2v) is 7.54. The average Bonchev–Trinajstić information content (AvgIpc) is 3.06. The maximum absolute atomic E-state index is 12.9. The Morgan fingerprint density at radius 3 is 2.92 bits per heavy atom. The van der Waals surface area contributed by atoms with Crippen LogP contribution in [-0.4, -0.2) is 70.8 Å². The summed E-state index contributed by atoms with van der Waals surface area (Å²) in [6.45, 7) is 3.67. The van der Waals surface area contributed by atoms with Crippen LogP contribution in [0.2, 0.25) is 0 Å². The summed E-state index contributed by atoms with van der Waals surface area (Å²) in [4.78, 5) is 34.9. The van der Waals surface area contributed by atoms with Gasteiger partial charge in [0.15, 0.2) is 0 Å². The van der Waals surface area contributed by atoms with Gasteiger partial charge in [-0.3, -0.25) is 19.5 Å². The van der Waals surface area contributed by atoms with Crippen LogP contribution in [0.25, 0.3) is 0 Å². The predicted molar refractivity (Wildman–Crippen MR) is 100 cm³/mol. The van der Waals surface area contributed by atoms with E-state index in [-0.39, 0.29) is 17.9 Å². The molecule has 2 aliphatic heterocycles. The molecule has 3 rings (SSSR count). The largest absolute Gasteiger partial charge is 0.343 e. The van der Waals surface area contributed by atoms with Gasteiger partial charge in [-0.15, -0.1) is 0 Å². The first kappa shape index (κ1) is 18.8. The van der Waals surface area contributed by atoms with Gasteiger partial charge in [-0.2, -0.15) is 0 Å². The van der Waals surface area contributed by atoms with Crippen molar-refractivity contribution in [3.05, 3.63) is 30.1 Å². The van der Waals surface area contributed by atoms with Gasteiger partial charge in [0.2, 0.25) is 11.8 Å². The molecule has 0 saturated carbocycles. The molecule has 2 saturated heterocycles. The van der Waals surface area contributed by atoms with Gasteiger partial charge < -0.3 is 9.80 Å². The number of amides is 2. The Kier molecular flexibility index (Phi) is 6.61. The summed E-state index contributed by atoms with van der Waals surface area (Å²) in [5.41, 5.74) is 1.12. The lowest BCUT2D eigenvalue weighted by molar-refractivity contribution is -0.136. The molecule has 3 heterocycles. The summed E-state index contributed by atoms with van der Waals surface area (Å²) >= 11 is 0. The third-order valence-corrected chi connectivity index (χ3v) is 5.43. The molecular formula is C20H30N4O2. The Morgan fingerprint density at radius 1 is 1.31 bits per heavy atom. The summed E-state index contributed by atoms with van der Waals surface area (Å²) in [6.07, 6.45) is 9.49. The molecule has 2 aliphatic rings. The van der Waals surface area contributed by atoms with Crippen LogP contribution in [0.15, 0.2) is 24.5 Å². The van der Waals surface area contributed by atoms with E-state index in [0.29, 0.717) is 13.0 Å². The Bertz CT molecular complexity index is 607. The number of carbonyl (C=O) groups is 2. The normalized spacial score (nSPS) is 20.8. The van der Waals surface area contributed by atoms with E-state index in [1.807, 2.05) is 30.3 Å². The molecule has 0 unspecified atom stereocenters. The topological polar surface area (TPSA) is 56.8 Å². The van der Waals surface area contributed by atoms with E-state index in [2.05, 4.69) is 14.8 Å². The van der Waals surface area contributed by atoms with E-state index in [4.69, 9.17) is 0 Å². The SMILES string of the molecule is CN(CC(=O)N1CCCC[C@H]1CCN1CCCC1=O)Cc1cccnc1. The lowest BCUT2D eigenvalue weighted by Crippen LogP contribution is -2.48. The molecule has 0 radical (unpaired) electrons. The molecule has 0 spiro atoms. The molecule has 1 atom stereocenters. The van der Waals surface area contributed by atoms with Crippen molar-refractivity contribution in [1.82, 2.24) is 19.7 Å². The number of rotatable bonds is 7. The lowest BCUT2D eigenvalue weighted by Gasteiger charge is -2.37. The summed E-state index contributed by atoms with van der Waals surface area (Å²) in [5, 5.41) is 0. The quantitative estimate of drug-likeness (QED) is 0.747. The van der Waals surface area contributed by atoms with Crippen molar-refractivity contribution in [3.8, 4) is 0 Å². The van der Waals surface area contributed by atoms with Gasteiger partial charge in [0.1, 0.15) is 0 Å². The number of aromatic nitrogens is 1. The van der Waals surface area contributed by atoms with Crippen molar-refractivity contribution in [2.75, 3.05) is 33.2 Å². The van der Waals surface area contributed by atoms with Gasteiger partial charge in [-0.1, -0.05) is 6.07 Å². The van der Waals surface area contributed by atoms with Crippen LogP contribution in [0.4, 0.5) is 0 Å². The molecule has 0 aliphatic carbocycles. The molecule has 1 aromatic rings. The molecule has 26 heavy (non-hydrogen) atoms. The van der Waals surface area contributed by atoms with E-state index in [0.717, 1.165) is 57.4 Å². The molecular weight excluding hydrogens is 328 g/mol. The van der Waals surface area contributed by atoms with Gasteiger partial charge in [0, 0.05) is 51.0 Å². The van der Waals surface area contributed by atoms with Crippen LogP contribution in [0.5, 0.6) is 0 Å². The molecule has 142 valence electrons. The zero-order valence-electron chi connectivity index (χ0n) is 15.8. The maximum Gasteiger partial charge on any atom is 0.236 e. The van der Waals surface area contributed by atoms with E-state index < -0.39 is 0 Å². The van der Waals surface area contributed by atoms with Crippen LogP contribution in [0, 0.1) is 0 Å². The molecule has 2 amide bonds. The fourth-order valence-corrected chi connectivity index (χ4v) is 4.06. The number of nitrogens with zero attached hydrogens (tertiary/aromatic N) is 4. The van der Waals surface area contributed by atoms with E-state index in [9.17, 15) is 9.59 Å². The van der Waals surface area contributed by atoms with Crippen molar-refractivity contribution in [3.63, 3.8) is 0 Å². The van der Waals surface area contributed by atoms with Crippen molar-refractivity contribution in [1.29, 1.82) is 0 Å². The summed E-state index contributed by atoms with van der Waals surface area (Å²) in [5.74, 6) is 0.476. The zero-order valence-corrected chi connectivity index (χ0v) is 15.8. The zero-order chi connectivity index (χ0) is 18.4. The number of piperidine rings is 1. The number of pyridine rings is 1. The standard InChI is InChI=1S/C20H30N4O2/c1-22(15-17-6-4-10-21-14-17)16-20(26)24-12-3-2-7-18(24)9-13-23-11-5-8-19(23)25/h4,6,10,14,18H,2-3,5,7-9,11-13,15-16H2,1H3/t18-/m0/s1. The Hall–Kier alpha value is -1.95. The van der Waals surface area contributed by atoms with E-state index >= 15 is 0 Å². The van der Waals surface area contributed by atoms with Crippen LogP contribution in [0.1, 0.15) is 44.1 Å². The highest BCUT2D eigenvalue weighted by Crippen LogP contribution is 2.21. The van der Waals surface area contributed by atoms with Gasteiger partial charge in [-0.25, -0.2) is 0 Å². The minimum Gasteiger partial charge on any atom is -0.343 e. The van der Waals surface area contributed by atoms with Gasteiger partial charge in [-0.05, 0) is 50.8 Å². The van der Waals surface area contributed by atoms with Crippen LogP contribution >= 0.6 is 0 Å². The Balaban J connectivity index is 1.51. The Labute approximate surface area is 156 Å². The molecule has 0 bridgehead atoms. The predicted octanol–water partition coefficient (Wildman–Crippen LogP) is 1.91. The monoisotopic (exact) mass is 358 g/mol. The molecule has 6 nitrogen and oxygen atoms in total. The number of hydrogen-bond donors (Lipinski definition) is 0. The number of carbonyl (C=O) groups excluding carboxylic acids is 2. The highest BCUT2D eigenvalue weighted by Gasteiger charge is 2.29. The molecule has 0 N–H and O–H groups in total. The van der Waals surface area contributed by atoms with Gasteiger partial charge >= 0.3 is 0 Å². The highest BCUT2D eigenvalue weighted by atomic mass is 16.2. The van der Waals surface area contributed by atoms with Crippen molar-refractivity contribution in [2.45, 2.75) is 51.1 Å². The number of likely N-dealkylation sites (tertiary alicyclic amines) is 2. The summed E-state index contributed by atoms with van der Waals surface area (Å²) in [7, 11) is 1.98. The smallest absolute Gasteiger partial charge is 0.236 e. The second-order valence-electron chi connectivity index (χ2n) is 7.54. The van der Waals surface area contributed by atoms with Gasteiger partial charge in [0.05, 0.1) is 6.54 Å². The summed E-state index contributed by atoms with van der Waals surface area (Å²) < 4.78 is 0. The van der Waals surface area contributed by atoms with Crippen LogP contribution < -0.4 is 0 Å². The first-order valence-electron chi connectivity index (χ1n) is 9.78. The lowest BCUT2D eigenvalue weighted by atomic mass is 9.99. The fourth-order valence-electron chi connectivity index (χ4n) is 4.06. The third-order valence-electron chi connectivity index (χ3n) is 5.43. The number of likely N-dealkylation sites (N-methyl/N-ethyl adjacent to an activating group) is 1. The molecule has 6 heteroatoms. The van der Waals surface area contributed by atoms with Crippen molar-refractivity contribution in [2.24, 2.45) is 0 Å². The molecule has 2 fully saturated rings. The molecule has 0 aromatic carbocycles. The third kappa shape index (κ3) is 5.04. The van der Waals surface area contributed by atoms with Crippen LogP contribution in [0.3, 0.4) is 0 Å². The summed E-state index contributed by atoms with van der Waals surface area (Å²) in [6, 6.07) is 4.23. The van der Waals surface area contributed by atoms with Crippen molar-refractivity contribution < 1.29 is 9.59 Å². The Morgan fingerprint density at radius 2 is 2.19 bits per heavy atom. The van der Waals surface area contributed by atoms with E-state index in [1.54, 1.807) is 6.20 Å². The molecule has 1 aromatic heterocycles. The minimum absolute atomic E-state index is 0.203. The average molecular weight is 358 g/mol. The van der Waals surface area contributed by atoms with Crippen LogP contribution in [-0.2, 0) is 16.1 Å². The second kappa shape index (κ2) is 9.12. The first-order chi connectivity index (χ1) is 12.6. The van der Waals surface area contributed by atoms with Gasteiger partial charge in [0.25, 0.3) is 0 Å². The van der Waals surface area contributed by atoms with E-state index in [1.165, 1.54) is 6.42 Å². The number of hydrogen-bond acceptors (Lipinski definition) is 4.